The number of aliphatic hydroxyl groups is 1. The number of allylic oxidation sites excluding steroid dienone is 2. The summed E-state index contributed by atoms with van der Waals surface area (Å²) in [4.78, 5) is 36.6. The summed E-state index contributed by atoms with van der Waals surface area (Å²) < 4.78 is 0. The standard InChI is InChI=1S/C29H44O6/c1-17(21(30)11-14-29(6,35)24(33)34)18-9-12-28(5)20-7-8-22-25(2,15-16-26(22,3)23(31)32)19(20)10-13-27(18,28)4/h17-18,22,35H,7-16H2,1-6H3,(H,31,32)(H,33,34). The molecule has 8 unspecified atom stereocenters. The highest BCUT2D eigenvalue weighted by Gasteiger charge is 2.65. The lowest BCUT2D eigenvalue weighted by atomic mass is 9.47. The maximum absolute atomic E-state index is 13.2. The van der Waals surface area contributed by atoms with E-state index in [9.17, 15) is 29.7 Å². The lowest BCUT2D eigenvalue weighted by Gasteiger charge is -2.57. The van der Waals surface area contributed by atoms with E-state index in [1.54, 1.807) is 5.57 Å². The molecule has 2 saturated carbocycles. The van der Waals surface area contributed by atoms with Gasteiger partial charge in [-0.05, 0) is 99.7 Å². The molecular formula is C29H44O6. The van der Waals surface area contributed by atoms with Crippen LogP contribution in [0.1, 0.15) is 106 Å². The Morgan fingerprint density at radius 1 is 0.971 bits per heavy atom. The Morgan fingerprint density at radius 2 is 1.63 bits per heavy atom. The molecule has 6 nitrogen and oxygen atoms in total. The van der Waals surface area contributed by atoms with Crippen LogP contribution in [0.3, 0.4) is 0 Å². The largest absolute Gasteiger partial charge is 0.481 e. The van der Waals surface area contributed by atoms with Crippen molar-refractivity contribution < 1.29 is 29.7 Å². The molecule has 8 atom stereocenters. The fourth-order valence-electron chi connectivity index (χ4n) is 9.18. The van der Waals surface area contributed by atoms with E-state index in [4.69, 9.17) is 0 Å². The molecular weight excluding hydrogens is 444 g/mol. The van der Waals surface area contributed by atoms with Crippen LogP contribution >= 0.6 is 0 Å². The smallest absolute Gasteiger partial charge is 0.335 e. The highest BCUT2D eigenvalue weighted by atomic mass is 16.4. The van der Waals surface area contributed by atoms with Gasteiger partial charge in [-0.2, -0.15) is 0 Å². The zero-order valence-corrected chi connectivity index (χ0v) is 22.4. The molecule has 4 rings (SSSR count). The van der Waals surface area contributed by atoms with Gasteiger partial charge in [0.15, 0.2) is 5.60 Å². The van der Waals surface area contributed by atoms with E-state index >= 15 is 0 Å². The fraction of sp³-hybridized carbons (Fsp3) is 0.828. The molecule has 0 aliphatic heterocycles. The van der Waals surface area contributed by atoms with Gasteiger partial charge in [0.25, 0.3) is 0 Å². The molecule has 196 valence electrons. The number of rotatable bonds is 7. The molecule has 6 heteroatoms. The molecule has 0 bridgehead atoms. The maximum Gasteiger partial charge on any atom is 0.335 e. The molecule has 0 amide bonds. The SMILES string of the molecule is CC(C(=O)CCC(C)(O)C(=O)O)C1CCC2(C)C3=C(CCC12C)C1(C)CCC(C)(C(=O)O)C1CC3. The summed E-state index contributed by atoms with van der Waals surface area (Å²) in [6.45, 7) is 12.3. The zero-order chi connectivity index (χ0) is 26.2. The minimum absolute atomic E-state index is 0.00252. The third-order valence-electron chi connectivity index (χ3n) is 12.0. The van der Waals surface area contributed by atoms with Crippen LogP contribution in [0.5, 0.6) is 0 Å². The van der Waals surface area contributed by atoms with Gasteiger partial charge in [-0.15, -0.1) is 0 Å². The summed E-state index contributed by atoms with van der Waals surface area (Å²) in [5, 5.41) is 29.3. The molecule has 35 heavy (non-hydrogen) atoms. The minimum atomic E-state index is -1.88. The Labute approximate surface area is 209 Å². The lowest BCUT2D eigenvalue weighted by molar-refractivity contribution is -0.157. The van der Waals surface area contributed by atoms with E-state index in [1.165, 1.54) is 12.5 Å². The fourth-order valence-corrected chi connectivity index (χ4v) is 9.18. The Morgan fingerprint density at radius 3 is 2.23 bits per heavy atom. The molecule has 0 aromatic rings. The van der Waals surface area contributed by atoms with E-state index in [1.807, 2.05) is 13.8 Å². The van der Waals surface area contributed by atoms with E-state index in [2.05, 4.69) is 20.8 Å². The van der Waals surface area contributed by atoms with Gasteiger partial charge in [-0.3, -0.25) is 9.59 Å². The van der Waals surface area contributed by atoms with Crippen LogP contribution < -0.4 is 0 Å². The van der Waals surface area contributed by atoms with E-state index in [0.717, 1.165) is 51.4 Å². The Hall–Kier alpha value is -1.69. The topological polar surface area (TPSA) is 112 Å². The van der Waals surface area contributed by atoms with Gasteiger partial charge >= 0.3 is 11.9 Å². The van der Waals surface area contributed by atoms with Crippen LogP contribution in [-0.2, 0) is 14.4 Å². The van der Waals surface area contributed by atoms with Crippen molar-refractivity contribution in [2.75, 3.05) is 0 Å². The van der Waals surface area contributed by atoms with Crippen molar-refractivity contribution in [2.45, 2.75) is 111 Å². The quantitative estimate of drug-likeness (QED) is 0.401. The minimum Gasteiger partial charge on any atom is -0.481 e. The van der Waals surface area contributed by atoms with Crippen molar-refractivity contribution in [3.63, 3.8) is 0 Å². The van der Waals surface area contributed by atoms with Crippen LogP contribution in [0.15, 0.2) is 11.1 Å². The zero-order valence-electron chi connectivity index (χ0n) is 22.4. The first-order valence-electron chi connectivity index (χ1n) is 13.5. The predicted octanol–water partition coefficient (Wildman–Crippen LogP) is 5.62. The number of carboxylic acid groups (broad SMARTS) is 2. The normalized spacial score (nSPS) is 43.1. The molecule has 4 aliphatic carbocycles. The number of carbonyl (C=O) groups is 3. The number of ketones is 1. The van der Waals surface area contributed by atoms with Crippen molar-refractivity contribution in [2.24, 2.45) is 39.4 Å². The highest BCUT2D eigenvalue weighted by molar-refractivity contribution is 5.83. The van der Waals surface area contributed by atoms with E-state index in [0.29, 0.717) is 0 Å². The number of fused-ring (bicyclic) bond motifs is 4. The third-order valence-corrected chi connectivity index (χ3v) is 12.0. The first-order valence-corrected chi connectivity index (χ1v) is 13.5. The van der Waals surface area contributed by atoms with Crippen LogP contribution in [0.25, 0.3) is 0 Å². The number of aliphatic carboxylic acids is 2. The molecule has 2 fully saturated rings. The van der Waals surface area contributed by atoms with Crippen molar-refractivity contribution in [1.82, 2.24) is 0 Å². The maximum atomic E-state index is 13.2. The van der Waals surface area contributed by atoms with Gasteiger partial charge in [0.2, 0.25) is 0 Å². The number of carbonyl (C=O) groups excluding carboxylic acids is 1. The Kier molecular flexibility index (Phi) is 6.15. The summed E-state index contributed by atoms with van der Waals surface area (Å²) in [5.74, 6) is -1.67. The van der Waals surface area contributed by atoms with Crippen LogP contribution in [0.4, 0.5) is 0 Å². The molecule has 0 aromatic carbocycles. The molecule has 0 heterocycles. The summed E-state index contributed by atoms with van der Waals surface area (Å²) in [5.41, 5.74) is 0.481. The summed E-state index contributed by atoms with van der Waals surface area (Å²) in [6, 6.07) is 0. The second kappa shape index (κ2) is 8.16. The van der Waals surface area contributed by atoms with Gasteiger partial charge in [0, 0.05) is 12.3 Å². The lowest BCUT2D eigenvalue weighted by Crippen LogP contribution is -2.49. The molecule has 3 N–H and O–H groups in total. The first-order chi connectivity index (χ1) is 16.0. The molecule has 0 spiro atoms. The van der Waals surface area contributed by atoms with E-state index in [-0.39, 0.29) is 52.6 Å². The molecule has 4 aliphatic rings. The molecule has 0 aromatic heterocycles. The Bertz CT molecular complexity index is 980. The van der Waals surface area contributed by atoms with E-state index < -0.39 is 23.0 Å². The van der Waals surface area contributed by atoms with Gasteiger partial charge < -0.3 is 15.3 Å². The first kappa shape index (κ1) is 26.4. The Balaban J connectivity index is 1.60. The van der Waals surface area contributed by atoms with Gasteiger partial charge in [0.05, 0.1) is 5.41 Å². The van der Waals surface area contributed by atoms with Crippen molar-refractivity contribution in [3.05, 3.63) is 11.1 Å². The predicted molar refractivity (Wildman–Crippen MR) is 133 cm³/mol. The van der Waals surface area contributed by atoms with Crippen LogP contribution in [-0.4, -0.2) is 38.6 Å². The number of carboxylic acids is 2. The average Bonchev–Trinajstić information content (AvgIpc) is 3.22. The monoisotopic (exact) mass is 488 g/mol. The number of Topliss-reactive ketones (excluding diaryl/α,β-unsaturated/α-hetero) is 1. The molecule has 0 saturated heterocycles. The van der Waals surface area contributed by atoms with Gasteiger partial charge in [-0.1, -0.05) is 38.8 Å². The molecule has 0 radical (unpaired) electrons. The summed E-state index contributed by atoms with van der Waals surface area (Å²) in [7, 11) is 0. The van der Waals surface area contributed by atoms with Gasteiger partial charge in [-0.25, -0.2) is 4.79 Å². The average molecular weight is 489 g/mol. The van der Waals surface area contributed by atoms with Crippen LogP contribution in [0.2, 0.25) is 0 Å². The van der Waals surface area contributed by atoms with Crippen molar-refractivity contribution in [1.29, 1.82) is 0 Å². The second-order valence-electron chi connectivity index (χ2n) is 13.4. The highest BCUT2D eigenvalue weighted by Crippen LogP contribution is 2.73. The van der Waals surface area contributed by atoms with Crippen LogP contribution in [0, 0.1) is 39.4 Å². The number of hydrogen-bond acceptors (Lipinski definition) is 4. The summed E-state index contributed by atoms with van der Waals surface area (Å²) >= 11 is 0. The third kappa shape index (κ3) is 3.56. The van der Waals surface area contributed by atoms with Crippen molar-refractivity contribution in [3.8, 4) is 0 Å². The van der Waals surface area contributed by atoms with Gasteiger partial charge in [0.1, 0.15) is 5.78 Å². The number of hydrogen-bond donors (Lipinski definition) is 3. The summed E-state index contributed by atoms with van der Waals surface area (Å²) in [6.07, 6.45) is 7.56. The van der Waals surface area contributed by atoms with Crippen molar-refractivity contribution >= 4 is 17.7 Å². The second-order valence-corrected chi connectivity index (χ2v) is 13.4.